The van der Waals surface area contributed by atoms with E-state index in [4.69, 9.17) is 16.3 Å². The van der Waals surface area contributed by atoms with Gasteiger partial charge in [-0.25, -0.2) is 8.78 Å². The van der Waals surface area contributed by atoms with E-state index in [0.29, 0.717) is 37.0 Å². The summed E-state index contributed by atoms with van der Waals surface area (Å²) in [6.07, 6.45) is -0.172. The Balaban J connectivity index is 1.39. The molecule has 0 unspecified atom stereocenters. The number of rotatable bonds is 4. The average molecular weight is 345 g/mol. The molecular formula is C16H19ClF2N2O2. The van der Waals surface area contributed by atoms with Gasteiger partial charge >= 0.3 is 0 Å². The van der Waals surface area contributed by atoms with Crippen molar-refractivity contribution in [2.45, 2.75) is 24.8 Å². The van der Waals surface area contributed by atoms with E-state index in [0.717, 1.165) is 0 Å². The van der Waals surface area contributed by atoms with Crippen LogP contribution in [0.3, 0.4) is 0 Å². The number of carbonyl (C=O) groups excluding carboxylic acids is 1. The summed E-state index contributed by atoms with van der Waals surface area (Å²) < 4.78 is 31.7. The molecule has 0 radical (unpaired) electrons. The van der Waals surface area contributed by atoms with E-state index in [-0.39, 0.29) is 31.4 Å². The van der Waals surface area contributed by atoms with E-state index < -0.39 is 5.92 Å². The Morgan fingerprint density at radius 1 is 1.22 bits per heavy atom. The molecule has 2 heterocycles. The Kier molecular flexibility index (Phi) is 4.73. The summed E-state index contributed by atoms with van der Waals surface area (Å²) in [5, 5.41) is 0.612. The Hall–Kier alpha value is -1.40. The first-order valence-electron chi connectivity index (χ1n) is 7.71. The first-order valence-corrected chi connectivity index (χ1v) is 8.09. The smallest absolute Gasteiger partial charge is 0.260 e. The average Bonchev–Trinajstić information content (AvgIpc) is 2.47. The van der Waals surface area contributed by atoms with Crippen molar-refractivity contribution in [1.82, 2.24) is 9.80 Å². The van der Waals surface area contributed by atoms with E-state index in [2.05, 4.69) is 4.90 Å². The third-order valence-corrected chi connectivity index (χ3v) is 4.69. The maximum Gasteiger partial charge on any atom is 0.260 e. The number of amides is 1. The molecule has 0 N–H and O–H groups in total. The molecule has 1 aromatic carbocycles. The van der Waals surface area contributed by atoms with E-state index in [1.54, 1.807) is 29.2 Å². The molecule has 2 fully saturated rings. The van der Waals surface area contributed by atoms with Crippen LogP contribution in [0.5, 0.6) is 5.75 Å². The molecule has 0 atom stereocenters. The quantitative estimate of drug-likeness (QED) is 0.842. The molecule has 2 saturated heterocycles. The first kappa shape index (κ1) is 16.5. The minimum absolute atomic E-state index is 0.0214. The minimum atomic E-state index is -2.53. The molecule has 0 spiro atoms. The van der Waals surface area contributed by atoms with Crippen LogP contribution >= 0.6 is 11.6 Å². The van der Waals surface area contributed by atoms with Crippen molar-refractivity contribution in [2.24, 2.45) is 0 Å². The highest BCUT2D eigenvalue weighted by Gasteiger charge is 2.40. The maximum atomic E-state index is 13.1. The number of benzene rings is 1. The fourth-order valence-corrected chi connectivity index (χ4v) is 3.00. The molecule has 7 heteroatoms. The summed E-state index contributed by atoms with van der Waals surface area (Å²) >= 11 is 5.78. The fourth-order valence-electron chi connectivity index (χ4n) is 2.87. The van der Waals surface area contributed by atoms with E-state index in [9.17, 15) is 13.6 Å². The molecule has 4 nitrogen and oxygen atoms in total. The van der Waals surface area contributed by atoms with Gasteiger partial charge in [0.1, 0.15) is 5.75 Å². The molecular weight excluding hydrogens is 326 g/mol. The lowest BCUT2D eigenvalue weighted by atomic mass is 10.0. The van der Waals surface area contributed by atoms with Crippen LogP contribution in [0.2, 0.25) is 5.02 Å². The Bertz CT molecular complexity index is 552. The third kappa shape index (κ3) is 4.12. The molecule has 23 heavy (non-hydrogen) atoms. The highest BCUT2D eigenvalue weighted by Crippen LogP contribution is 2.30. The number of carbonyl (C=O) groups is 1. The van der Waals surface area contributed by atoms with Crippen LogP contribution in [0.15, 0.2) is 24.3 Å². The molecule has 0 aliphatic carbocycles. The van der Waals surface area contributed by atoms with Crippen LogP contribution in [0.1, 0.15) is 12.8 Å². The number of halogens is 3. The molecule has 0 bridgehead atoms. The molecule has 0 aromatic heterocycles. The number of hydrogen-bond acceptors (Lipinski definition) is 3. The van der Waals surface area contributed by atoms with Crippen LogP contribution < -0.4 is 4.74 Å². The van der Waals surface area contributed by atoms with Crippen LogP contribution in [0, 0.1) is 0 Å². The van der Waals surface area contributed by atoms with Gasteiger partial charge in [-0.15, -0.1) is 0 Å². The second kappa shape index (κ2) is 6.61. The van der Waals surface area contributed by atoms with Crippen molar-refractivity contribution in [3.63, 3.8) is 0 Å². The molecule has 0 saturated carbocycles. The predicted molar refractivity (Wildman–Crippen MR) is 83.1 cm³/mol. The molecule has 126 valence electrons. The predicted octanol–water partition coefficient (Wildman–Crippen LogP) is 2.66. The van der Waals surface area contributed by atoms with E-state index in [1.165, 1.54) is 0 Å². The largest absolute Gasteiger partial charge is 0.484 e. The molecule has 1 amide bonds. The SMILES string of the molecule is O=C(COc1ccc(Cl)cc1)N1CC(N2CCC(F)(F)CC2)C1. The van der Waals surface area contributed by atoms with E-state index >= 15 is 0 Å². The molecule has 2 aliphatic rings. The zero-order valence-electron chi connectivity index (χ0n) is 12.7. The van der Waals surface area contributed by atoms with Gasteiger partial charge in [0.15, 0.2) is 6.61 Å². The van der Waals surface area contributed by atoms with Gasteiger partial charge in [0.2, 0.25) is 0 Å². The first-order chi connectivity index (χ1) is 10.9. The van der Waals surface area contributed by atoms with Crippen molar-refractivity contribution < 1.29 is 18.3 Å². The maximum absolute atomic E-state index is 13.1. The lowest BCUT2D eigenvalue weighted by Crippen LogP contribution is -2.63. The van der Waals surface area contributed by atoms with Crippen LogP contribution in [-0.4, -0.2) is 60.5 Å². The topological polar surface area (TPSA) is 32.8 Å². The fraction of sp³-hybridized carbons (Fsp3) is 0.562. The van der Waals surface area contributed by atoms with E-state index in [1.807, 2.05) is 0 Å². The zero-order chi connectivity index (χ0) is 16.4. The Morgan fingerprint density at radius 3 is 2.43 bits per heavy atom. The molecule has 2 aliphatic heterocycles. The van der Waals surface area contributed by atoms with Crippen molar-refractivity contribution in [3.05, 3.63) is 29.3 Å². The van der Waals surface area contributed by atoms with Crippen LogP contribution in [-0.2, 0) is 4.79 Å². The monoisotopic (exact) mass is 344 g/mol. The van der Waals surface area contributed by atoms with Gasteiger partial charge in [-0.05, 0) is 24.3 Å². The van der Waals surface area contributed by atoms with Gasteiger partial charge in [0.05, 0.1) is 0 Å². The second-order valence-corrected chi connectivity index (χ2v) is 6.52. The summed E-state index contributed by atoms with van der Waals surface area (Å²) in [5.41, 5.74) is 0. The lowest BCUT2D eigenvalue weighted by molar-refractivity contribution is -0.143. The van der Waals surface area contributed by atoms with Crippen LogP contribution in [0.4, 0.5) is 8.78 Å². The number of alkyl halides is 2. The molecule has 3 rings (SSSR count). The summed E-state index contributed by atoms with van der Waals surface area (Å²) in [5.74, 6) is -2.01. The number of ether oxygens (including phenoxy) is 1. The minimum Gasteiger partial charge on any atom is -0.484 e. The summed E-state index contributed by atoms with van der Waals surface area (Å²) in [6, 6.07) is 7.02. The lowest BCUT2D eigenvalue weighted by Gasteiger charge is -2.47. The van der Waals surface area contributed by atoms with Gasteiger partial charge in [0, 0.05) is 50.1 Å². The standard InChI is InChI=1S/C16H19ClF2N2O2/c17-12-1-3-14(4-2-12)23-11-15(22)21-9-13(10-21)20-7-5-16(18,19)6-8-20/h1-4,13H,5-11H2. The van der Waals surface area contributed by atoms with Gasteiger partial charge in [-0.3, -0.25) is 9.69 Å². The number of hydrogen-bond donors (Lipinski definition) is 0. The van der Waals surface area contributed by atoms with Gasteiger partial charge in [-0.1, -0.05) is 11.6 Å². The summed E-state index contributed by atoms with van der Waals surface area (Å²) in [4.78, 5) is 15.8. The van der Waals surface area contributed by atoms with Crippen molar-refractivity contribution in [1.29, 1.82) is 0 Å². The normalized spacial score (nSPS) is 21.8. The number of likely N-dealkylation sites (tertiary alicyclic amines) is 2. The summed E-state index contributed by atoms with van der Waals surface area (Å²) in [6.45, 7) is 1.97. The number of piperidine rings is 1. The highest BCUT2D eigenvalue weighted by molar-refractivity contribution is 6.30. The molecule has 1 aromatic rings. The van der Waals surface area contributed by atoms with Crippen molar-refractivity contribution in [2.75, 3.05) is 32.8 Å². The number of nitrogens with zero attached hydrogens (tertiary/aromatic N) is 2. The Labute approximate surface area is 138 Å². The van der Waals surface area contributed by atoms with Crippen LogP contribution in [0.25, 0.3) is 0 Å². The highest BCUT2D eigenvalue weighted by atomic mass is 35.5. The summed E-state index contributed by atoms with van der Waals surface area (Å²) in [7, 11) is 0. The van der Waals surface area contributed by atoms with Gasteiger partial charge < -0.3 is 9.64 Å². The Morgan fingerprint density at radius 2 is 1.83 bits per heavy atom. The zero-order valence-corrected chi connectivity index (χ0v) is 13.4. The third-order valence-electron chi connectivity index (χ3n) is 4.44. The second-order valence-electron chi connectivity index (χ2n) is 6.09. The van der Waals surface area contributed by atoms with Crippen molar-refractivity contribution >= 4 is 17.5 Å². The van der Waals surface area contributed by atoms with Crippen molar-refractivity contribution in [3.8, 4) is 5.75 Å². The van der Waals surface area contributed by atoms with Gasteiger partial charge in [-0.2, -0.15) is 0 Å². The van der Waals surface area contributed by atoms with Gasteiger partial charge in [0.25, 0.3) is 11.8 Å².